The first-order valence-corrected chi connectivity index (χ1v) is 21.6. The molecule has 0 spiro atoms. The highest BCUT2D eigenvalue weighted by atomic mass is 79.9. The summed E-state index contributed by atoms with van der Waals surface area (Å²) in [4.78, 5) is 41.4. The molecule has 0 aliphatic heterocycles. The first-order valence-electron chi connectivity index (χ1n) is 17.9. The molecule has 58 heavy (non-hydrogen) atoms. The van der Waals surface area contributed by atoms with Crippen LogP contribution in [0.1, 0.15) is 69.6 Å². The fourth-order valence-electron chi connectivity index (χ4n) is 5.25. The monoisotopic (exact) mass is 896 g/mol. The van der Waals surface area contributed by atoms with E-state index in [9.17, 15) is 26.4 Å². The largest absolute Gasteiger partial charge is 0.444 e. The van der Waals surface area contributed by atoms with E-state index in [1.165, 1.54) is 24.8 Å². The van der Waals surface area contributed by atoms with Gasteiger partial charge in [-0.1, -0.05) is 35.4 Å². The summed E-state index contributed by atoms with van der Waals surface area (Å²) in [6.07, 6.45) is 4.66. The number of hydrogen-bond acceptors (Lipinski definition) is 12. The number of nitrogens with zero attached hydrogens (tertiary/aromatic N) is 6. The van der Waals surface area contributed by atoms with Crippen molar-refractivity contribution in [3.63, 3.8) is 0 Å². The third-order valence-electron chi connectivity index (χ3n) is 7.95. The van der Waals surface area contributed by atoms with Gasteiger partial charge in [-0.2, -0.15) is 0 Å². The van der Waals surface area contributed by atoms with Crippen LogP contribution in [0, 0.1) is 20.8 Å². The number of aryl methyl sites for hydroxylation is 3. The minimum absolute atomic E-state index is 0.0974. The van der Waals surface area contributed by atoms with Crippen LogP contribution in [-0.4, -0.2) is 68.1 Å². The molecule has 4 heterocycles. The molecule has 0 aliphatic rings. The lowest BCUT2D eigenvalue weighted by molar-refractivity contribution is 0.0511. The average molecular weight is 898 g/mol. The minimum atomic E-state index is -3.83. The zero-order valence-electron chi connectivity index (χ0n) is 33.5. The number of fused-ring (bicyclic) bond motifs is 2. The third-order valence-corrected chi connectivity index (χ3v) is 11.9. The van der Waals surface area contributed by atoms with Crippen LogP contribution >= 0.6 is 15.9 Å². The molecule has 6 aromatic rings. The molecule has 6 rings (SSSR count). The maximum Gasteiger partial charge on any atom is 0.407 e. The van der Waals surface area contributed by atoms with Crippen molar-refractivity contribution in [2.45, 2.75) is 96.4 Å². The second-order valence-electron chi connectivity index (χ2n) is 15.3. The van der Waals surface area contributed by atoms with Gasteiger partial charge in [0, 0.05) is 12.4 Å². The fourth-order valence-corrected chi connectivity index (χ4v) is 8.53. The number of amides is 2. The number of aromatic nitrogens is 6. The predicted molar refractivity (Wildman–Crippen MR) is 221 cm³/mol. The molecule has 0 fully saturated rings. The van der Waals surface area contributed by atoms with E-state index in [2.05, 4.69) is 46.5 Å². The smallest absolute Gasteiger partial charge is 0.407 e. The van der Waals surface area contributed by atoms with Crippen molar-refractivity contribution in [3.8, 4) is 0 Å². The summed E-state index contributed by atoms with van der Waals surface area (Å²) in [5.74, 6) is 0. The number of alkyl carbamates (subject to hydrolysis) is 2. The van der Waals surface area contributed by atoms with E-state index in [-0.39, 0.29) is 34.2 Å². The molecular weight excluding hydrogens is 853 g/mol. The molecule has 0 saturated carbocycles. The van der Waals surface area contributed by atoms with Crippen molar-refractivity contribution < 1.29 is 35.9 Å². The molecular formula is C39H45BrN8O8S2. The Balaban J connectivity index is 0.000000221. The Hall–Kier alpha value is -5.40. The van der Waals surface area contributed by atoms with E-state index in [0.717, 1.165) is 19.1 Å². The van der Waals surface area contributed by atoms with Crippen LogP contribution in [0.4, 0.5) is 9.59 Å². The number of carbonyl (C=O) groups is 2. The highest BCUT2D eigenvalue weighted by molar-refractivity contribution is 9.10. The van der Waals surface area contributed by atoms with Crippen molar-refractivity contribution in [1.29, 1.82) is 0 Å². The maximum atomic E-state index is 13.0. The lowest BCUT2D eigenvalue weighted by atomic mass is 10.2. The molecule has 0 unspecified atom stereocenters. The second kappa shape index (κ2) is 16.8. The predicted octanol–water partition coefficient (Wildman–Crippen LogP) is 7.07. The summed E-state index contributed by atoms with van der Waals surface area (Å²) in [6, 6.07) is 13.2. The van der Waals surface area contributed by atoms with Crippen LogP contribution in [0.15, 0.2) is 87.6 Å². The number of rotatable bonds is 8. The Bertz CT molecular complexity index is 2510. The molecule has 19 heteroatoms. The fraction of sp³-hybridized carbons (Fsp3) is 0.333. The molecule has 0 aliphatic carbocycles. The van der Waals surface area contributed by atoms with Gasteiger partial charge in [-0.15, -0.1) is 0 Å². The number of halogens is 1. The summed E-state index contributed by atoms with van der Waals surface area (Å²) in [5.41, 5.74) is 3.64. The zero-order valence-corrected chi connectivity index (χ0v) is 36.7. The van der Waals surface area contributed by atoms with E-state index >= 15 is 0 Å². The van der Waals surface area contributed by atoms with Gasteiger partial charge in [0.1, 0.15) is 22.2 Å². The highest BCUT2D eigenvalue weighted by Crippen LogP contribution is 2.28. The molecule has 16 nitrogen and oxygen atoms in total. The van der Waals surface area contributed by atoms with Crippen molar-refractivity contribution in [2.75, 3.05) is 0 Å². The molecule has 4 aromatic heterocycles. The van der Waals surface area contributed by atoms with Gasteiger partial charge in [0.2, 0.25) is 0 Å². The van der Waals surface area contributed by atoms with E-state index in [4.69, 9.17) is 9.47 Å². The van der Waals surface area contributed by atoms with Gasteiger partial charge < -0.3 is 20.1 Å². The van der Waals surface area contributed by atoms with Crippen molar-refractivity contribution >= 4 is 70.5 Å². The Morgan fingerprint density at radius 1 is 0.638 bits per heavy atom. The third kappa shape index (κ3) is 10.6. The van der Waals surface area contributed by atoms with Gasteiger partial charge in [0.05, 0.1) is 51.1 Å². The van der Waals surface area contributed by atoms with Crippen LogP contribution < -0.4 is 10.6 Å². The van der Waals surface area contributed by atoms with Crippen molar-refractivity contribution in [1.82, 2.24) is 38.5 Å². The van der Waals surface area contributed by atoms with Crippen LogP contribution in [0.25, 0.3) is 22.3 Å². The van der Waals surface area contributed by atoms with Crippen molar-refractivity contribution in [3.05, 3.63) is 106 Å². The molecule has 308 valence electrons. The lowest BCUT2D eigenvalue weighted by Gasteiger charge is -2.19. The minimum Gasteiger partial charge on any atom is -0.444 e. The maximum absolute atomic E-state index is 13.0. The van der Waals surface area contributed by atoms with Gasteiger partial charge in [-0.3, -0.25) is 0 Å². The normalized spacial score (nSPS) is 12.2. The van der Waals surface area contributed by atoms with Crippen LogP contribution in [-0.2, 0) is 42.6 Å². The second-order valence-corrected chi connectivity index (χ2v) is 19.8. The Kier molecular flexibility index (Phi) is 12.7. The molecule has 0 bridgehead atoms. The summed E-state index contributed by atoms with van der Waals surface area (Å²) in [7, 11) is -7.62. The Labute approximate surface area is 345 Å². The lowest BCUT2D eigenvalue weighted by Crippen LogP contribution is -2.32. The number of ether oxygens (including phenoxy) is 2. The summed E-state index contributed by atoms with van der Waals surface area (Å²) in [5, 5.41) is 5.22. The zero-order chi connectivity index (χ0) is 42.8. The van der Waals surface area contributed by atoms with E-state index in [0.29, 0.717) is 32.5 Å². The number of carbonyl (C=O) groups excluding carboxylic acids is 2. The molecule has 2 aromatic carbocycles. The van der Waals surface area contributed by atoms with Gasteiger partial charge in [0.15, 0.2) is 11.3 Å². The number of hydrogen-bond donors (Lipinski definition) is 2. The quantitative estimate of drug-likeness (QED) is 0.157. The molecule has 0 saturated heterocycles. The van der Waals surface area contributed by atoms with E-state index in [1.54, 1.807) is 97.0 Å². The van der Waals surface area contributed by atoms with E-state index < -0.39 is 43.4 Å². The van der Waals surface area contributed by atoms with Crippen LogP contribution in [0.2, 0.25) is 0 Å². The van der Waals surface area contributed by atoms with Crippen molar-refractivity contribution in [2.24, 2.45) is 0 Å². The SMILES string of the molecule is Cc1ccc(S(=O)(=O)n2cc(Br)c3nc(CNC(=O)OC(C)(C)C)cnc32)cc1.Cc1ccc(S(=O)(=O)n2cc(C)c3nc(CNC(=O)OC(C)(C)C)cnc32)cc1. The Morgan fingerprint density at radius 3 is 1.43 bits per heavy atom. The van der Waals surface area contributed by atoms with E-state index in [1.807, 2.05) is 13.8 Å². The van der Waals surface area contributed by atoms with Gasteiger partial charge in [0.25, 0.3) is 20.0 Å². The van der Waals surface area contributed by atoms with Crippen LogP contribution in [0.3, 0.4) is 0 Å². The molecule has 0 atom stereocenters. The standard InChI is InChI=1S/C20H24N4O4S.C19H21BrN4O4S/c1-13-6-8-16(9-7-13)29(26,27)24-12-14(2)17-18(24)21-10-15(23-17)11-22-19(25)28-20(3,4)5;1-12-5-7-14(8-6-12)29(26,27)24-11-15(20)16-17(24)21-9-13(23-16)10-22-18(25)28-19(2,3)4/h6-10,12H,11H2,1-5H3,(H,22,25);5-9,11H,10H2,1-4H3,(H,22,25). The number of nitrogens with one attached hydrogen (secondary N) is 2. The molecule has 2 N–H and O–H groups in total. The van der Waals surface area contributed by atoms with Gasteiger partial charge in [-0.05, 0) is 108 Å². The first-order chi connectivity index (χ1) is 26.9. The summed E-state index contributed by atoms with van der Waals surface area (Å²) < 4.78 is 65.2. The highest BCUT2D eigenvalue weighted by Gasteiger charge is 2.25. The molecule has 2 amide bonds. The number of benzene rings is 2. The van der Waals surface area contributed by atoms with Gasteiger partial charge in [-0.25, -0.2) is 54.3 Å². The Morgan fingerprint density at radius 2 is 1.02 bits per heavy atom. The van der Waals surface area contributed by atoms with Crippen LogP contribution in [0.5, 0.6) is 0 Å². The van der Waals surface area contributed by atoms with Gasteiger partial charge >= 0.3 is 12.2 Å². The summed E-state index contributed by atoms with van der Waals surface area (Å²) >= 11 is 3.35. The first kappa shape index (κ1) is 43.7. The topological polar surface area (TPSA) is 206 Å². The molecule has 0 radical (unpaired) electrons. The average Bonchev–Trinajstić information content (AvgIpc) is 3.65. The summed E-state index contributed by atoms with van der Waals surface area (Å²) in [6.45, 7) is 16.4.